The highest BCUT2D eigenvalue weighted by Crippen LogP contribution is 2.23. The van der Waals surface area contributed by atoms with Gasteiger partial charge in [-0.25, -0.2) is 0 Å². The number of rotatable bonds is 8. The van der Waals surface area contributed by atoms with Gasteiger partial charge in [0, 0.05) is 12.6 Å². The van der Waals surface area contributed by atoms with Crippen LogP contribution in [0.25, 0.3) is 6.08 Å². The molecule has 5 nitrogen and oxygen atoms in total. The molecule has 5 heteroatoms. The molecule has 1 atom stereocenters. The molecular weight excluding hydrogens is 280 g/mol. The molecule has 1 aromatic rings. The van der Waals surface area contributed by atoms with Gasteiger partial charge >= 0.3 is 0 Å². The van der Waals surface area contributed by atoms with Gasteiger partial charge in [0.05, 0.1) is 18.4 Å². The SMILES string of the molecule is CC(C)CCOc1ccc(/C=C\C(=O)NCC(C)O)cc1N. The maximum Gasteiger partial charge on any atom is 0.244 e. The van der Waals surface area contributed by atoms with Gasteiger partial charge in [-0.2, -0.15) is 0 Å². The number of aliphatic hydroxyl groups is 1. The van der Waals surface area contributed by atoms with Gasteiger partial charge < -0.3 is 20.9 Å². The van der Waals surface area contributed by atoms with Gasteiger partial charge in [-0.05, 0) is 43.0 Å². The number of nitrogens with one attached hydrogen (secondary N) is 1. The molecule has 0 spiro atoms. The zero-order valence-electron chi connectivity index (χ0n) is 13.5. The summed E-state index contributed by atoms with van der Waals surface area (Å²) in [6.45, 7) is 6.77. The Morgan fingerprint density at radius 2 is 2.14 bits per heavy atom. The second-order valence-corrected chi connectivity index (χ2v) is 5.76. The number of ether oxygens (including phenoxy) is 1. The fourth-order valence-corrected chi connectivity index (χ4v) is 1.69. The van der Waals surface area contributed by atoms with Crippen LogP contribution >= 0.6 is 0 Å². The smallest absolute Gasteiger partial charge is 0.244 e. The Kier molecular flexibility index (Phi) is 7.46. The van der Waals surface area contributed by atoms with Crippen LogP contribution in [0.3, 0.4) is 0 Å². The third-order valence-corrected chi connectivity index (χ3v) is 2.99. The number of carbonyl (C=O) groups excluding carboxylic acids is 1. The molecule has 0 bridgehead atoms. The van der Waals surface area contributed by atoms with Gasteiger partial charge in [-0.1, -0.05) is 19.9 Å². The third kappa shape index (κ3) is 7.13. The number of nitrogens with two attached hydrogens (primary N) is 1. The van der Waals surface area contributed by atoms with Crippen LogP contribution in [0.2, 0.25) is 0 Å². The Labute approximate surface area is 132 Å². The number of anilines is 1. The fourth-order valence-electron chi connectivity index (χ4n) is 1.69. The molecule has 4 N–H and O–H groups in total. The van der Waals surface area contributed by atoms with Gasteiger partial charge in [0.2, 0.25) is 5.91 Å². The molecule has 0 saturated heterocycles. The van der Waals surface area contributed by atoms with Crippen LogP contribution in [-0.2, 0) is 4.79 Å². The van der Waals surface area contributed by atoms with E-state index < -0.39 is 6.10 Å². The van der Waals surface area contributed by atoms with Gasteiger partial charge in [-0.15, -0.1) is 0 Å². The Hall–Kier alpha value is -2.01. The summed E-state index contributed by atoms with van der Waals surface area (Å²) in [7, 11) is 0. The van der Waals surface area contributed by atoms with Crippen LogP contribution in [0.5, 0.6) is 5.75 Å². The largest absolute Gasteiger partial charge is 0.491 e. The normalized spacial score (nSPS) is 12.6. The van der Waals surface area contributed by atoms with Crippen molar-refractivity contribution in [3.8, 4) is 5.75 Å². The minimum atomic E-state index is -0.560. The quantitative estimate of drug-likeness (QED) is 0.508. The lowest BCUT2D eigenvalue weighted by atomic mass is 10.1. The van der Waals surface area contributed by atoms with Crippen LogP contribution in [0.4, 0.5) is 5.69 Å². The molecule has 1 aromatic carbocycles. The van der Waals surface area contributed by atoms with Crippen molar-refractivity contribution in [1.29, 1.82) is 0 Å². The molecule has 0 heterocycles. The van der Waals surface area contributed by atoms with E-state index in [-0.39, 0.29) is 12.5 Å². The summed E-state index contributed by atoms with van der Waals surface area (Å²) in [5.74, 6) is 0.997. The molecule has 1 unspecified atom stereocenters. The van der Waals surface area contributed by atoms with Crippen molar-refractivity contribution in [1.82, 2.24) is 5.32 Å². The molecule has 1 rings (SSSR count). The summed E-state index contributed by atoms with van der Waals surface area (Å²) in [5, 5.41) is 11.7. The minimum Gasteiger partial charge on any atom is -0.491 e. The molecule has 0 radical (unpaired) electrons. The lowest BCUT2D eigenvalue weighted by Crippen LogP contribution is -2.28. The molecule has 122 valence electrons. The molecule has 0 fully saturated rings. The Morgan fingerprint density at radius 1 is 1.41 bits per heavy atom. The highest BCUT2D eigenvalue weighted by Gasteiger charge is 2.03. The topological polar surface area (TPSA) is 84.6 Å². The first-order valence-corrected chi connectivity index (χ1v) is 7.54. The third-order valence-electron chi connectivity index (χ3n) is 2.99. The summed E-state index contributed by atoms with van der Waals surface area (Å²) in [5.41, 5.74) is 7.32. The minimum absolute atomic E-state index is 0.230. The summed E-state index contributed by atoms with van der Waals surface area (Å²) < 4.78 is 5.64. The van der Waals surface area contributed by atoms with Crippen LogP contribution in [0.1, 0.15) is 32.8 Å². The van der Waals surface area contributed by atoms with Gasteiger partial charge in [0.15, 0.2) is 0 Å². The van der Waals surface area contributed by atoms with Crippen molar-refractivity contribution in [3.63, 3.8) is 0 Å². The van der Waals surface area contributed by atoms with E-state index in [1.807, 2.05) is 12.1 Å². The average molecular weight is 306 g/mol. The highest BCUT2D eigenvalue weighted by atomic mass is 16.5. The predicted molar refractivity (Wildman–Crippen MR) is 89.5 cm³/mol. The number of hydrogen-bond acceptors (Lipinski definition) is 4. The van der Waals surface area contributed by atoms with E-state index in [0.29, 0.717) is 24.0 Å². The van der Waals surface area contributed by atoms with Crippen LogP contribution in [0, 0.1) is 5.92 Å². The van der Waals surface area contributed by atoms with E-state index >= 15 is 0 Å². The van der Waals surface area contributed by atoms with Crippen molar-refractivity contribution < 1.29 is 14.6 Å². The second kappa shape index (κ2) is 9.10. The van der Waals surface area contributed by atoms with Crippen LogP contribution < -0.4 is 15.8 Å². The van der Waals surface area contributed by atoms with Crippen LogP contribution in [0.15, 0.2) is 24.3 Å². The maximum atomic E-state index is 11.5. The zero-order valence-corrected chi connectivity index (χ0v) is 13.5. The number of nitrogen functional groups attached to an aromatic ring is 1. The van der Waals surface area contributed by atoms with E-state index in [1.54, 1.807) is 19.1 Å². The van der Waals surface area contributed by atoms with Gasteiger partial charge in [0.25, 0.3) is 0 Å². The monoisotopic (exact) mass is 306 g/mol. The molecule has 0 aromatic heterocycles. The van der Waals surface area contributed by atoms with E-state index in [2.05, 4.69) is 19.2 Å². The number of carbonyl (C=O) groups is 1. The second-order valence-electron chi connectivity index (χ2n) is 5.76. The summed E-state index contributed by atoms with van der Waals surface area (Å²) in [4.78, 5) is 11.5. The first-order valence-electron chi connectivity index (χ1n) is 7.54. The Morgan fingerprint density at radius 3 is 2.73 bits per heavy atom. The van der Waals surface area contributed by atoms with Crippen LogP contribution in [-0.4, -0.2) is 30.3 Å². The standard InChI is InChI=1S/C17H26N2O3/c1-12(2)8-9-22-16-6-4-14(10-15(16)18)5-7-17(21)19-11-13(3)20/h4-7,10,12-13,20H,8-9,11,18H2,1-3H3,(H,19,21)/b7-5-. The molecule has 0 saturated carbocycles. The number of amides is 1. The number of benzene rings is 1. The molecule has 0 aliphatic carbocycles. The Balaban J connectivity index is 2.55. The number of hydrogen-bond donors (Lipinski definition) is 3. The molecular formula is C17H26N2O3. The molecule has 22 heavy (non-hydrogen) atoms. The van der Waals surface area contributed by atoms with Gasteiger partial charge in [0.1, 0.15) is 5.75 Å². The summed E-state index contributed by atoms with van der Waals surface area (Å²) >= 11 is 0. The summed E-state index contributed by atoms with van der Waals surface area (Å²) in [6.07, 6.45) is 3.50. The first-order chi connectivity index (χ1) is 10.4. The van der Waals surface area contributed by atoms with Gasteiger partial charge in [-0.3, -0.25) is 4.79 Å². The zero-order chi connectivity index (χ0) is 16.5. The molecule has 0 aliphatic rings. The van der Waals surface area contributed by atoms with Crippen molar-refractivity contribution in [2.75, 3.05) is 18.9 Å². The summed E-state index contributed by atoms with van der Waals surface area (Å²) in [6, 6.07) is 5.42. The van der Waals surface area contributed by atoms with E-state index in [4.69, 9.17) is 15.6 Å². The average Bonchev–Trinajstić information content (AvgIpc) is 2.44. The van der Waals surface area contributed by atoms with Crippen molar-refractivity contribution in [2.45, 2.75) is 33.3 Å². The van der Waals surface area contributed by atoms with E-state index in [1.165, 1.54) is 6.08 Å². The first kappa shape index (κ1) is 18.0. The lowest BCUT2D eigenvalue weighted by Gasteiger charge is -2.10. The maximum absolute atomic E-state index is 11.5. The van der Waals surface area contributed by atoms with Crippen molar-refractivity contribution >= 4 is 17.7 Å². The predicted octanol–water partition coefficient (Wildman–Crippen LogP) is 2.20. The van der Waals surface area contributed by atoms with Crippen molar-refractivity contribution in [3.05, 3.63) is 29.8 Å². The van der Waals surface area contributed by atoms with E-state index in [0.717, 1.165) is 12.0 Å². The lowest BCUT2D eigenvalue weighted by molar-refractivity contribution is -0.116. The molecule has 1 amide bonds. The van der Waals surface area contributed by atoms with Crippen molar-refractivity contribution in [2.24, 2.45) is 5.92 Å². The number of aliphatic hydroxyl groups excluding tert-OH is 1. The fraction of sp³-hybridized carbons (Fsp3) is 0.471. The highest BCUT2D eigenvalue weighted by molar-refractivity contribution is 5.91. The molecule has 0 aliphatic heterocycles. The Bertz CT molecular complexity index is 511. The van der Waals surface area contributed by atoms with E-state index in [9.17, 15) is 4.79 Å².